The standard InChI is InChI=1S/C27H29FN2O2/c1-18-16-27(2,3)30(4)26-15-25(28)19(14-24(18)26)17-29-20-6-8-22(9-7-20)32-23-12-10-21(31-5)11-13-23/h6-15,17-18H,16H2,1-5H3. The van der Waals surface area contributed by atoms with Crippen LogP contribution in [0.25, 0.3) is 0 Å². The molecule has 166 valence electrons. The second kappa shape index (κ2) is 8.65. The van der Waals surface area contributed by atoms with Crippen LogP contribution in [0.4, 0.5) is 15.8 Å². The van der Waals surface area contributed by atoms with E-state index in [1.165, 1.54) is 0 Å². The molecular formula is C27H29FN2O2. The quantitative estimate of drug-likeness (QED) is 0.403. The van der Waals surface area contributed by atoms with Gasteiger partial charge in [0.05, 0.1) is 12.8 Å². The third kappa shape index (κ3) is 4.47. The van der Waals surface area contributed by atoms with E-state index in [2.05, 4.69) is 30.7 Å². The largest absolute Gasteiger partial charge is 0.497 e. The highest BCUT2D eigenvalue weighted by atomic mass is 19.1. The summed E-state index contributed by atoms with van der Waals surface area (Å²) >= 11 is 0. The minimum atomic E-state index is -0.260. The van der Waals surface area contributed by atoms with Gasteiger partial charge in [0, 0.05) is 30.1 Å². The molecule has 1 heterocycles. The molecule has 1 atom stereocenters. The number of rotatable bonds is 5. The Labute approximate surface area is 189 Å². The topological polar surface area (TPSA) is 34.1 Å². The number of aliphatic imine (C=N–C) groups is 1. The zero-order valence-corrected chi connectivity index (χ0v) is 19.2. The highest BCUT2D eigenvalue weighted by Crippen LogP contribution is 2.43. The van der Waals surface area contributed by atoms with Crippen LogP contribution >= 0.6 is 0 Å². The summed E-state index contributed by atoms with van der Waals surface area (Å²) in [5.41, 5.74) is 3.36. The molecular weight excluding hydrogens is 403 g/mol. The van der Waals surface area contributed by atoms with Crippen molar-refractivity contribution < 1.29 is 13.9 Å². The van der Waals surface area contributed by atoms with Gasteiger partial charge in [0.15, 0.2) is 0 Å². The lowest BCUT2D eigenvalue weighted by Crippen LogP contribution is -2.45. The molecule has 0 aromatic heterocycles. The van der Waals surface area contributed by atoms with Gasteiger partial charge in [-0.2, -0.15) is 0 Å². The number of hydrogen-bond acceptors (Lipinski definition) is 4. The first-order chi connectivity index (χ1) is 15.3. The minimum Gasteiger partial charge on any atom is -0.497 e. The predicted molar refractivity (Wildman–Crippen MR) is 129 cm³/mol. The molecule has 0 bridgehead atoms. The highest BCUT2D eigenvalue weighted by molar-refractivity contribution is 5.84. The van der Waals surface area contributed by atoms with E-state index in [0.29, 0.717) is 17.2 Å². The van der Waals surface area contributed by atoms with Crippen LogP contribution in [0.1, 0.15) is 44.2 Å². The van der Waals surface area contributed by atoms with Gasteiger partial charge in [-0.1, -0.05) is 6.92 Å². The maximum Gasteiger partial charge on any atom is 0.134 e. The maximum absolute atomic E-state index is 14.8. The smallest absolute Gasteiger partial charge is 0.134 e. The molecule has 0 saturated heterocycles. The van der Waals surface area contributed by atoms with Crippen molar-refractivity contribution in [2.45, 2.75) is 38.6 Å². The van der Waals surface area contributed by atoms with Crippen molar-refractivity contribution in [3.8, 4) is 17.2 Å². The molecule has 0 radical (unpaired) electrons. The summed E-state index contributed by atoms with van der Waals surface area (Å²) in [6.07, 6.45) is 2.62. The van der Waals surface area contributed by atoms with Crippen LogP contribution in [0.15, 0.2) is 65.7 Å². The Morgan fingerprint density at radius 2 is 1.59 bits per heavy atom. The van der Waals surface area contributed by atoms with Crippen LogP contribution < -0.4 is 14.4 Å². The first kappa shape index (κ1) is 21.9. The monoisotopic (exact) mass is 432 g/mol. The Kier molecular flexibility index (Phi) is 5.92. The Hall–Kier alpha value is -3.34. The molecule has 4 rings (SSSR count). The normalized spacial score (nSPS) is 17.3. The lowest BCUT2D eigenvalue weighted by Gasteiger charge is -2.45. The van der Waals surface area contributed by atoms with Crippen molar-refractivity contribution in [2.75, 3.05) is 19.1 Å². The summed E-state index contributed by atoms with van der Waals surface area (Å²) in [6.45, 7) is 6.59. The van der Waals surface area contributed by atoms with Crippen LogP contribution in [0.2, 0.25) is 0 Å². The first-order valence-corrected chi connectivity index (χ1v) is 10.8. The third-order valence-corrected chi connectivity index (χ3v) is 6.24. The van der Waals surface area contributed by atoms with Crippen LogP contribution in [0, 0.1) is 5.82 Å². The molecule has 32 heavy (non-hydrogen) atoms. The van der Waals surface area contributed by atoms with Gasteiger partial charge in [0.25, 0.3) is 0 Å². The molecule has 1 unspecified atom stereocenters. The van der Waals surface area contributed by atoms with Crippen LogP contribution in [0.3, 0.4) is 0 Å². The fourth-order valence-electron chi connectivity index (χ4n) is 4.23. The number of fused-ring (bicyclic) bond motifs is 1. The molecule has 4 nitrogen and oxygen atoms in total. The van der Waals surface area contributed by atoms with E-state index in [0.717, 1.165) is 34.9 Å². The molecule has 1 aliphatic rings. The van der Waals surface area contributed by atoms with Crippen molar-refractivity contribution >= 4 is 17.6 Å². The van der Waals surface area contributed by atoms with Crippen molar-refractivity contribution in [2.24, 2.45) is 4.99 Å². The van der Waals surface area contributed by atoms with E-state index in [1.54, 1.807) is 19.4 Å². The summed E-state index contributed by atoms with van der Waals surface area (Å²) in [5, 5.41) is 0. The van der Waals surface area contributed by atoms with Crippen LogP contribution in [-0.2, 0) is 0 Å². The van der Waals surface area contributed by atoms with E-state index in [4.69, 9.17) is 9.47 Å². The van der Waals surface area contributed by atoms with Gasteiger partial charge in [-0.05, 0) is 92.4 Å². The second-order valence-electron chi connectivity index (χ2n) is 8.94. The average molecular weight is 433 g/mol. The number of halogens is 1. The second-order valence-corrected chi connectivity index (χ2v) is 8.94. The fraction of sp³-hybridized carbons (Fsp3) is 0.296. The predicted octanol–water partition coefficient (Wildman–Crippen LogP) is 7.10. The molecule has 0 saturated carbocycles. The van der Waals surface area contributed by atoms with E-state index in [9.17, 15) is 4.39 Å². The number of methoxy groups -OCH3 is 1. The van der Waals surface area contributed by atoms with Gasteiger partial charge in [0.1, 0.15) is 23.1 Å². The van der Waals surface area contributed by atoms with Gasteiger partial charge in [-0.25, -0.2) is 4.39 Å². The maximum atomic E-state index is 14.8. The lowest BCUT2D eigenvalue weighted by molar-refractivity contribution is 0.394. The summed E-state index contributed by atoms with van der Waals surface area (Å²) in [4.78, 5) is 6.65. The van der Waals surface area contributed by atoms with E-state index >= 15 is 0 Å². The molecule has 0 spiro atoms. The fourth-order valence-corrected chi connectivity index (χ4v) is 4.23. The summed E-state index contributed by atoms with van der Waals surface area (Å²) in [6, 6.07) is 18.4. The number of benzene rings is 3. The van der Waals surface area contributed by atoms with E-state index in [-0.39, 0.29) is 11.4 Å². The molecule has 5 heteroatoms. The Bertz CT molecular complexity index is 1120. The molecule has 0 fully saturated rings. The molecule has 0 N–H and O–H groups in total. The lowest BCUT2D eigenvalue weighted by atomic mass is 9.80. The summed E-state index contributed by atoms with van der Waals surface area (Å²) < 4.78 is 25.8. The zero-order valence-electron chi connectivity index (χ0n) is 19.2. The van der Waals surface area contributed by atoms with Crippen LogP contribution in [-0.4, -0.2) is 25.9 Å². The SMILES string of the molecule is COc1ccc(Oc2ccc(N=Cc3cc4c(cc3F)N(C)C(C)(C)CC4C)cc2)cc1. The number of ether oxygens (including phenoxy) is 2. The highest BCUT2D eigenvalue weighted by Gasteiger charge is 2.34. The van der Waals surface area contributed by atoms with Gasteiger partial charge in [-0.3, -0.25) is 4.99 Å². The Balaban J connectivity index is 1.50. The van der Waals surface area contributed by atoms with Crippen molar-refractivity contribution in [3.05, 3.63) is 77.6 Å². The van der Waals surface area contributed by atoms with Gasteiger partial charge >= 0.3 is 0 Å². The third-order valence-electron chi connectivity index (χ3n) is 6.24. The van der Waals surface area contributed by atoms with Gasteiger partial charge in [0.2, 0.25) is 0 Å². The van der Waals surface area contributed by atoms with E-state index < -0.39 is 0 Å². The Morgan fingerprint density at radius 3 is 2.22 bits per heavy atom. The van der Waals surface area contributed by atoms with Crippen molar-refractivity contribution in [1.29, 1.82) is 0 Å². The van der Waals surface area contributed by atoms with Crippen molar-refractivity contribution in [1.82, 2.24) is 0 Å². The number of nitrogens with zero attached hydrogens (tertiary/aromatic N) is 2. The van der Waals surface area contributed by atoms with Gasteiger partial charge < -0.3 is 14.4 Å². The van der Waals surface area contributed by atoms with Gasteiger partial charge in [-0.15, -0.1) is 0 Å². The summed E-state index contributed by atoms with van der Waals surface area (Å²) in [5.74, 6) is 2.30. The molecule has 0 aliphatic carbocycles. The first-order valence-electron chi connectivity index (χ1n) is 10.8. The molecule has 1 aliphatic heterocycles. The van der Waals surface area contributed by atoms with Crippen LogP contribution in [0.5, 0.6) is 17.2 Å². The molecule has 3 aromatic rings. The molecule has 0 amide bonds. The Morgan fingerprint density at radius 1 is 1.00 bits per heavy atom. The average Bonchev–Trinajstić information content (AvgIpc) is 2.78. The van der Waals surface area contributed by atoms with Crippen molar-refractivity contribution in [3.63, 3.8) is 0 Å². The minimum absolute atomic E-state index is 0.00407. The summed E-state index contributed by atoms with van der Waals surface area (Å²) in [7, 11) is 3.67. The zero-order chi connectivity index (χ0) is 22.9. The van der Waals surface area contributed by atoms with E-state index in [1.807, 2.05) is 61.6 Å². The molecule has 3 aromatic carbocycles. The number of hydrogen-bond donors (Lipinski definition) is 0. The number of anilines is 1.